The normalized spacial score (nSPS) is 12.8. The van der Waals surface area contributed by atoms with Crippen LogP contribution in [0.15, 0.2) is 59.5 Å². The van der Waals surface area contributed by atoms with Gasteiger partial charge in [0.25, 0.3) is 5.91 Å². The zero-order valence-corrected chi connectivity index (χ0v) is 16.3. The predicted molar refractivity (Wildman–Crippen MR) is 103 cm³/mol. The van der Waals surface area contributed by atoms with Crippen LogP contribution in [0.4, 0.5) is 0 Å². The van der Waals surface area contributed by atoms with Crippen LogP contribution < -0.4 is 5.32 Å². The largest absolute Gasteiger partial charge is 0.350 e. The van der Waals surface area contributed by atoms with E-state index in [9.17, 15) is 13.2 Å². The van der Waals surface area contributed by atoms with Crippen molar-refractivity contribution in [2.24, 2.45) is 0 Å². The minimum atomic E-state index is -3.53. The maximum Gasteiger partial charge on any atom is 0.251 e. The SMILES string of the molecule is CCC[C@@H](C)NC(=O)c1ccc(CN(C)S(=O)(=O)c2ccccc2)cc1. The lowest BCUT2D eigenvalue weighted by atomic mass is 10.1. The highest BCUT2D eigenvalue weighted by Crippen LogP contribution is 2.16. The summed E-state index contributed by atoms with van der Waals surface area (Å²) in [4.78, 5) is 12.5. The molecular weight excluding hydrogens is 348 g/mol. The Bertz CT molecular complexity index is 818. The van der Waals surface area contributed by atoms with E-state index in [2.05, 4.69) is 12.2 Å². The van der Waals surface area contributed by atoms with Crippen LogP contribution in [0.1, 0.15) is 42.6 Å². The van der Waals surface area contributed by atoms with E-state index in [1.165, 1.54) is 4.31 Å². The van der Waals surface area contributed by atoms with Gasteiger partial charge >= 0.3 is 0 Å². The third-order valence-corrected chi connectivity index (χ3v) is 5.99. The number of carbonyl (C=O) groups is 1. The second kappa shape index (κ2) is 8.96. The second-order valence-electron chi connectivity index (χ2n) is 6.43. The van der Waals surface area contributed by atoms with E-state index >= 15 is 0 Å². The topological polar surface area (TPSA) is 66.5 Å². The summed E-state index contributed by atoms with van der Waals surface area (Å²) in [6.07, 6.45) is 1.95. The van der Waals surface area contributed by atoms with Gasteiger partial charge in [-0.25, -0.2) is 8.42 Å². The smallest absolute Gasteiger partial charge is 0.251 e. The minimum absolute atomic E-state index is 0.109. The van der Waals surface area contributed by atoms with Gasteiger partial charge in [0.15, 0.2) is 0 Å². The molecule has 0 aliphatic heterocycles. The predicted octanol–water partition coefficient (Wildman–Crippen LogP) is 3.43. The van der Waals surface area contributed by atoms with Gasteiger partial charge in [-0.3, -0.25) is 4.79 Å². The van der Waals surface area contributed by atoms with E-state index in [1.807, 2.05) is 6.92 Å². The third-order valence-electron chi connectivity index (χ3n) is 4.17. The summed E-state index contributed by atoms with van der Waals surface area (Å²) in [6, 6.07) is 15.5. The lowest BCUT2D eigenvalue weighted by Crippen LogP contribution is -2.32. The van der Waals surface area contributed by atoms with Gasteiger partial charge in [0.2, 0.25) is 10.0 Å². The fourth-order valence-electron chi connectivity index (χ4n) is 2.69. The van der Waals surface area contributed by atoms with Crippen LogP contribution in [-0.2, 0) is 16.6 Å². The Morgan fingerprint density at radius 1 is 1.08 bits per heavy atom. The molecule has 0 aliphatic carbocycles. The number of sulfonamides is 1. The van der Waals surface area contributed by atoms with E-state index in [-0.39, 0.29) is 23.4 Å². The molecule has 0 aliphatic rings. The molecule has 0 unspecified atom stereocenters. The number of hydrogen-bond acceptors (Lipinski definition) is 3. The molecule has 2 aromatic rings. The molecule has 0 fully saturated rings. The molecule has 1 atom stereocenters. The first-order valence-corrected chi connectivity index (χ1v) is 10.2. The van der Waals surface area contributed by atoms with Crippen LogP contribution in [-0.4, -0.2) is 31.7 Å². The summed E-state index contributed by atoms with van der Waals surface area (Å²) in [5.41, 5.74) is 1.40. The van der Waals surface area contributed by atoms with Crippen LogP contribution in [0.5, 0.6) is 0 Å². The minimum Gasteiger partial charge on any atom is -0.350 e. The Morgan fingerprint density at radius 2 is 1.69 bits per heavy atom. The van der Waals surface area contributed by atoms with Crippen LogP contribution in [0.2, 0.25) is 0 Å². The molecule has 0 aromatic heterocycles. The molecule has 1 N–H and O–H groups in total. The number of nitrogens with zero attached hydrogens (tertiary/aromatic N) is 1. The maximum atomic E-state index is 12.6. The first-order chi connectivity index (χ1) is 12.3. The van der Waals surface area contributed by atoms with E-state index in [1.54, 1.807) is 61.6 Å². The molecule has 0 radical (unpaired) electrons. The highest BCUT2D eigenvalue weighted by atomic mass is 32.2. The molecule has 0 saturated carbocycles. The molecule has 1 amide bonds. The Balaban J connectivity index is 2.04. The van der Waals surface area contributed by atoms with Crippen molar-refractivity contribution in [1.29, 1.82) is 0 Å². The van der Waals surface area contributed by atoms with Crippen LogP contribution >= 0.6 is 0 Å². The van der Waals surface area contributed by atoms with Gasteiger partial charge in [-0.15, -0.1) is 0 Å². The lowest BCUT2D eigenvalue weighted by Gasteiger charge is -2.17. The summed E-state index contributed by atoms with van der Waals surface area (Å²) >= 11 is 0. The summed E-state index contributed by atoms with van der Waals surface area (Å²) in [5.74, 6) is -0.109. The molecule has 26 heavy (non-hydrogen) atoms. The van der Waals surface area contributed by atoms with E-state index in [0.29, 0.717) is 5.56 Å². The Morgan fingerprint density at radius 3 is 2.27 bits per heavy atom. The van der Waals surface area contributed by atoms with Gasteiger partial charge in [-0.1, -0.05) is 43.7 Å². The summed E-state index contributed by atoms with van der Waals surface area (Å²) in [5, 5.41) is 2.96. The molecule has 6 heteroatoms. The van der Waals surface area contributed by atoms with Gasteiger partial charge in [0.1, 0.15) is 0 Å². The van der Waals surface area contributed by atoms with Crippen molar-refractivity contribution in [3.63, 3.8) is 0 Å². The zero-order chi connectivity index (χ0) is 19.2. The first kappa shape index (κ1) is 20.1. The van der Waals surface area contributed by atoms with E-state index in [0.717, 1.165) is 18.4 Å². The van der Waals surface area contributed by atoms with Crippen molar-refractivity contribution < 1.29 is 13.2 Å². The van der Waals surface area contributed by atoms with Gasteiger partial charge < -0.3 is 5.32 Å². The quantitative estimate of drug-likeness (QED) is 0.770. The van der Waals surface area contributed by atoms with E-state index in [4.69, 9.17) is 0 Å². The zero-order valence-electron chi connectivity index (χ0n) is 15.5. The number of amides is 1. The number of hydrogen-bond donors (Lipinski definition) is 1. The molecule has 5 nitrogen and oxygen atoms in total. The van der Waals surface area contributed by atoms with Crippen molar-refractivity contribution in [2.45, 2.75) is 44.2 Å². The number of nitrogens with one attached hydrogen (secondary N) is 1. The average Bonchev–Trinajstić information content (AvgIpc) is 2.63. The molecule has 0 saturated heterocycles. The number of carbonyl (C=O) groups excluding carboxylic acids is 1. The molecule has 2 rings (SSSR count). The van der Waals surface area contributed by atoms with Crippen LogP contribution in [0.3, 0.4) is 0 Å². The fourth-order valence-corrected chi connectivity index (χ4v) is 3.87. The van der Waals surface area contributed by atoms with Crippen LogP contribution in [0, 0.1) is 0 Å². The highest BCUT2D eigenvalue weighted by Gasteiger charge is 2.20. The molecular formula is C20H26N2O3S. The van der Waals surface area contributed by atoms with Crippen molar-refractivity contribution in [3.8, 4) is 0 Å². The van der Waals surface area contributed by atoms with E-state index < -0.39 is 10.0 Å². The second-order valence-corrected chi connectivity index (χ2v) is 8.48. The van der Waals surface area contributed by atoms with Crippen LogP contribution in [0.25, 0.3) is 0 Å². The van der Waals surface area contributed by atoms with Gasteiger partial charge in [-0.2, -0.15) is 4.31 Å². The van der Waals surface area contributed by atoms with Crippen molar-refractivity contribution >= 4 is 15.9 Å². The summed E-state index contributed by atoms with van der Waals surface area (Å²) < 4.78 is 26.4. The molecule has 0 bridgehead atoms. The van der Waals surface area contributed by atoms with Crippen molar-refractivity contribution in [3.05, 3.63) is 65.7 Å². The maximum absolute atomic E-state index is 12.6. The summed E-state index contributed by atoms with van der Waals surface area (Å²) in [6.45, 7) is 4.31. The molecule has 140 valence electrons. The first-order valence-electron chi connectivity index (χ1n) is 8.75. The van der Waals surface area contributed by atoms with Gasteiger partial charge in [-0.05, 0) is 43.2 Å². The average molecular weight is 375 g/mol. The lowest BCUT2D eigenvalue weighted by molar-refractivity contribution is 0.0938. The van der Waals surface area contributed by atoms with Gasteiger partial charge in [0, 0.05) is 25.2 Å². The standard InChI is InChI=1S/C20H26N2O3S/c1-4-8-16(2)21-20(23)18-13-11-17(12-14-18)15-22(3)26(24,25)19-9-6-5-7-10-19/h5-7,9-14,16H,4,8,15H2,1-3H3,(H,21,23)/t16-/m1/s1. The summed E-state index contributed by atoms with van der Waals surface area (Å²) in [7, 11) is -1.98. The number of rotatable bonds is 8. The molecule has 0 spiro atoms. The Hall–Kier alpha value is -2.18. The van der Waals surface area contributed by atoms with Crippen molar-refractivity contribution in [2.75, 3.05) is 7.05 Å². The monoisotopic (exact) mass is 374 g/mol. The Kier molecular flexibility index (Phi) is 6.94. The number of benzene rings is 2. The highest BCUT2D eigenvalue weighted by molar-refractivity contribution is 7.89. The van der Waals surface area contributed by atoms with Gasteiger partial charge in [0.05, 0.1) is 4.90 Å². The fraction of sp³-hybridized carbons (Fsp3) is 0.350. The molecule has 0 heterocycles. The van der Waals surface area contributed by atoms with Crippen molar-refractivity contribution in [1.82, 2.24) is 9.62 Å². The Labute approximate surface area is 156 Å². The molecule has 2 aromatic carbocycles. The third kappa shape index (κ3) is 5.16.